The third-order valence-electron chi connectivity index (χ3n) is 3.87. The Morgan fingerprint density at radius 1 is 1.07 bits per heavy atom. The highest BCUT2D eigenvalue weighted by molar-refractivity contribution is 7.92. The maximum absolute atomic E-state index is 12.7. The SMILES string of the molecule is CCNCCNC(=O)c1cccc(S(=O)(=O)Nc2ccc3c(c2)OCO3)c1. The normalized spacial score (nSPS) is 12.6. The van der Waals surface area contributed by atoms with Gasteiger partial charge in [0.05, 0.1) is 10.6 Å². The first-order chi connectivity index (χ1) is 13.0. The van der Waals surface area contributed by atoms with Gasteiger partial charge >= 0.3 is 0 Å². The fourth-order valence-corrected chi connectivity index (χ4v) is 3.62. The zero-order valence-electron chi connectivity index (χ0n) is 14.8. The van der Waals surface area contributed by atoms with Gasteiger partial charge in [0.1, 0.15) is 0 Å². The number of nitrogens with one attached hydrogen (secondary N) is 3. The first kappa shape index (κ1) is 19.0. The summed E-state index contributed by atoms with van der Waals surface area (Å²) < 4.78 is 38.2. The molecule has 0 aromatic heterocycles. The number of amides is 1. The van der Waals surface area contributed by atoms with Crippen molar-refractivity contribution < 1.29 is 22.7 Å². The molecule has 9 heteroatoms. The summed E-state index contributed by atoms with van der Waals surface area (Å²) in [6.07, 6.45) is 0. The second-order valence-corrected chi connectivity index (χ2v) is 7.49. The number of fused-ring (bicyclic) bond motifs is 1. The van der Waals surface area contributed by atoms with E-state index in [2.05, 4.69) is 15.4 Å². The maximum Gasteiger partial charge on any atom is 0.261 e. The van der Waals surface area contributed by atoms with Crippen molar-refractivity contribution in [3.8, 4) is 11.5 Å². The fraction of sp³-hybridized carbons (Fsp3) is 0.278. The van der Waals surface area contributed by atoms with Crippen molar-refractivity contribution in [1.29, 1.82) is 0 Å². The standard InChI is InChI=1S/C18H21N3O5S/c1-2-19-8-9-20-18(22)13-4-3-5-15(10-13)27(23,24)21-14-6-7-16-17(11-14)26-12-25-16/h3-7,10-11,19,21H,2,8-9,12H2,1H3,(H,20,22). The van der Waals surface area contributed by atoms with Gasteiger partial charge in [-0.25, -0.2) is 8.42 Å². The molecule has 3 N–H and O–H groups in total. The van der Waals surface area contributed by atoms with E-state index in [9.17, 15) is 13.2 Å². The average Bonchev–Trinajstić information content (AvgIpc) is 3.12. The molecule has 1 heterocycles. The molecule has 0 unspecified atom stereocenters. The van der Waals surface area contributed by atoms with Gasteiger partial charge in [-0.05, 0) is 36.9 Å². The summed E-state index contributed by atoms with van der Waals surface area (Å²) in [5.41, 5.74) is 0.625. The summed E-state index contributed by atoms with van der Waals surface area (Å²) >= 11 is 0. The highest BCUT2D eigenvalue weighted by Gasteiger charge is 2.19. The lowest BCUT2D eigenvalue weighted by Crippen LogP contribution is -2.31. The zero-order chi connectivity index (χ0) is 19.3. The van der Waals surface area contributed by atoms with Crippen molar-refractivity contribution in [2.45, 2.75) is 11.8 Å². The van der Waals surface area contributed by atoms with Crippen molar-refractivity contribution in [2.24, 2.45) is 0 Å². The Kier molecular flexibility index (Phi) is 5.82. The van der Waals surface area contributed by atoms with Crippen LogP contribution in [-0.4, -0.2) is 40.8 Å². The minimum absolute atomic E-state index is 0.000463. The Bertz CT molecular complexity index is 930. The number of hydrogen-bond donors (Lipinski definition) is 3. The largest absolute Gasteiger partial charge is 0.454 e. The van der Waals surface area contributed by atoms with Crippen LogP contribution in [0.5, 0.6) is 11.5 Å². The van der Waals surface area contributed by atoms with Crippen LogP contribution in [0.2, 0.25) is 0 Å². The molecule has 3 rings (SSSR count). The topological polar surface area (TPSA) is 106 Å². The highest BCUT2D eigenvalue weighted by Crippen LogP contribution is 2.34. The van der Waals surface area contributed by atoms with E-state index in [-0.39, 0.29) is 23.2 Å². The monoisotopic (exact) mass is 391 g/mol. The van der Waals surface area contributed by atoms with E-state index in [4.69, 9.17) is 9.47 Å². The van der Waals surface area contributed by atoms with Crippen LogP contribution in [0, 0.1) is 0 Å². The molecule has 0 fully saturated rings. The van der Waals surface area contributed by atoms with Crippen LogP contribution < -0.4 is 24.8 Å². The Labute approximate surface area is 157 Å². The van der Waals surface area contributed by atoms with E-state index in [0.717, 1.165) is 6.54 Å². The number of likely N-dealkylation sites (N-methyl/N-ethyl adjacent to an activating group) is 1. The average molecular weight is 391 g/mol. The van der Waals surface area contributed by atoms with Gasteiger partial charge < -0.3 is 20.1 Å². The first-order valence-corrected chi connectivity index (χ1v) is 9.99. The van der Waals surface area contributed by atoms with E-state index in [0.29, 0.717) is 30.3 Å². The molecule has 1 amide bonds. The molecule has 27 heavy (non-hydrogen) atoms. The van der Waals surface area contributed by atoms with Crippen LogP contribution in [0.1, 0.15) is 17.3 Å². The maximum atomic E-state index is 12.7. The number of carbonyl (C=O) groups excluding carboxylic acids is 1. The first-order valence-electron chi connectivity index (χ1n) is 8.51. The minimum Gasteiger partial charge on any atom is -0.454 e. The Balaban J connectivity index is 1.72. The number of ether oxygens (including phenoxy) is 2. The van der Waals surface area contributed by atoms with Gasteiger partial charge in [-0.2, -0.15) is 0 Å². The Morgan fingerprint density at radius 2 is 1.89 bits per heavy atom. The van der Waals surface area contributed by atoms with Gasteiger partial charge in [0, 0.05) is 24.7 Å². The third kappa shape index (κ3) is 4.69. The number of benzene rings is 2. The molecule has 8 nitrogen and oxygen atoms in total. The lowest BCUT2D eigenvalue weighted by Gasteiger charge is -2.10. The van der Waals surface area contributed by atoms with Crippen LogP contribution in [0.4, 0.5) is 5.69 Å². The number of anilines is 1. The van der Waals surface area contributed by atoms with Crippen LogP contribution in [0.25, 0.3) is 0 Å². The summed E-state index contributed by atoms with van der Waals surface area (Å²) in [6.45, 7) is 4.00. The second kappa shape index (κ2) is 8.28. The second-order valence-electron chi connectivity index (χ2n) is 5.81. The summed E-state index contributed by atoms with van der Waals surface area (Å²) in [7, 11) is -3.85. The molecule has 0 radical (unpaired) electrons. The quantitative estimate of drug-likeness (QED) is 0.590. The highest BCUT2D eigenvalue weighted by atomic mass is 32.2. The molecule has 144 valence electrons. The third-order valence-corrected chi connectivity index (χ3v) is 5.25. The molecule has 0 aliphatic carbocycles. The molecule has 0 atom stereocenters. The van der Waals surface area contributed by atoms with E-state index < -0.39 is 10.0 Å². The van der Waals surface area contributed by atoms with Crippen LogP contribution >= 0.6 is 0 Å². The minimum atomic E-state index is -3.85. The van der Waals surface area contributed by atoms with Crippen LogP contribution in [-0.2, 0) is 10.0 Å². The molecular weight excluding hydrogens is 370 g/mol. The number of sulfonamides is 1. The molecule has 0 bridgehead atoms. The Hall–Kier alpha value is -2.78. The predicted octanol–water partition coefficient (Wildman–Crippen LogP) is 1.56. The van der Waals surface area contributed by atoms with E-state index in [1.807, 2.05) is 6.92 Å². The molecule has 1 aliphatic heterocycles. The van der Waals surface area contributed by atoms with Crippen LogP contribution in [0.15, 0.2) is 47.4 Å². The van der Waals surface area contributed by atoms with Gasteiger partial charge in [-0.3, -0.25) is 9.52 Å². The number of hydrogen-bond acceptors (Lipinski definition) is 6. The number of rotatable bonds is 8. The molecule has 0 spiro atoms. The predicted molar refractivity (Wildman–Crippen MR) is 101 cm³/mol. The van der Waals surface area contributed by atoms with Gasteiger partial charge in [0.2, 0.25) is 6.79 Å². The summed E-state index contributed by atoms with van der Waals surface area (Å²) in [4.78, 5) is 12.2. The Morgan fingerprint density at radius 3 is 2.70 bits per heavy atom. The van der Waals surface area contributed by atoms with Crippen molar-refractivity contribution in [3.05, 3.63) is 48.0 Å². The molecule has 2 aromatic carbocycles. The molecule has 1 aliphatic rings. The summed E-state index contributed by atoms with van der Waals surface area (Å²) in [5.74, 6) is 0.714. The molecule has 0 saturated carbocycles. The van der Waals surface area contributed by atoms with E-state index in [1.165, 1.54) is 18.2 Å². The smallest absolute Gasteiger partial charge is 0.261 e. The van der Waals surface area contributed by atoms with Crippen molar-refractivity contribution >= 4 is 21.6 Å². The van der Waals surface area contributed by atoms with Crippen LogP contribution in [0.3, 0.4) is 0 Å². The lowest BCUT2D eigenvalue weighted by atomic mass is 10.2. The van der Waals surface area contributed by atoms with Gasteiger partial charge in [0.15, 0.2) is 11.5 Å². The van der Waals surface area contributed by atoms with E-state index in [1.54, 1.807) is 24.3 Å². The van der Waals surface area contributed by atoms with Gasteiger partial charge in [-0.15, -0.1) is 0 Å². The molecular formula is C18H21N3O5S. The molecule has 2 aromatic rings. The van der Waals surface area contributed by atoms with Crippen molar-refractivity contribution in [3.63, 3.8) is 0 Å². The van der Waals surface area contributed by atoms with E-state index >= 15 is 0 Å². The summed E-state index contributed by atoms with van der Waals surface area (Å²) in [5, 5.41) is 5.84. The fourth-order valence-electron chi connectivity index (χ4n) is 2.52. The summed E-state index contributed by atoms with van der Waals surface area (Å²) in [6, 6.07) is 10.7. The van der Waals surface area contributed by atoms with Crippen molar-refractivity contribution in [2.75, 3.05) is 31.1 Å². The number of carbonyl (C=O) groups is 1. The molecule has 0 saturated heterocycles. The van der Waals surface area contributed by atoms with Gasteiger partial charge in [0.25, 0.3) is 15.9 Å². The van der Waals surface area contributed by atoms with Crippen molar-refractivity contribution in [1.82, 2.24) is 10.6 Å². The zero-order valence-corrected chi connectivity index (χ0v) is 15.6. The van der Waals surface area contributed by atoms with Gasteiger partial charge in [-0.1, -0.05) is 13.0 Å². The lowest BCUT2D eigenvalue weighted by molar-refractivity contribution is 0.0953.